The quantitative estimate of drug-likeness (QED) is 0.318. The zero-order valence-corrected chi connectivity index (χ0v) is 19.0. The molecule has 32 heavy (non-hydrogen) atoms. The Balaban J connectivity index is 1.88. The summed E-state index contributed by atoms with van der Waals surface area (Å²) in [5.74, 6) is -2.29. The predicted octanol–water partition coefficient (Wildman–Crippen LogP) is 3.43. The molecule has 1 aromatic heterocycles. The molecular formula is C20H16BrClN2O8. The van der Waals surface area contributed by atoms with E-state index in [9.17, 15) is 19.2 Å². The second kappa shape index (κ2) is 9.45. The Bertz CT molecular complexity index is 1140. The molecule has 1 aliphatic rings. The highest BCUT2D eigenvalue weighted by molar-refractivity contribution is 9.10. The topological polar surface area (TPSA) is 135 Å². The van der Waals surface area contributed by atoms with Gasteiger partial charge in [0.25, 0.3) is 5.91 Å². The average Bonchev–Trinajstić information content (AvgIpc) is 3.30. The molecule has 10 nitrogen and oxygen atoms in total. The molecule has 1 fully saturated rings. The van der Waals surface area contributed by atoms with Crippen LogP contribution in [0.15, 0.2) is 38.9 Å². The number of carboxylic acid groups (broad SMARTS) is 1. The standard InChI is InChI=1S/C20H16BrClN2O8/c1-9(18(26)27)31-16-10(5-11(22)7-13(16)21)6-14-17(25)24(20(29)23-14)8-12-3-4-15(32-12)19(28)30-2/h3-7,9H,8H2,1-2H3,(H,23,29)(H,26,27)/b14-6-/t9-/m0/s1. The van der Waals surface area contributed by atoms with E-state index in [-0.39, 0.29) is 35.1 Å². The van der Waals surface area contributed by atoms with Gasteiger partial charge in [-0.15, -0.1) is 0 Å². The number of rotatable bonds is 7. The molecule has 0 aliphatic carbocycles. The van der Waals surface area contributed by atoms with Crippen molar-refractivity contribution in [1.29, 1.82) is 0 Å². The number of furan rings is 1. The smallest absolute Gasteiger partial charge is 0.373 e. The van der Waals surface area contributed by atoms with Gasteiger partial charge in [0.1, 0.15) is 17.2 Å². The van der Waals surface area contributed by atoms with E-state index in [1.807, 2.05) is 0 Å². The number of benzene rings is 1. The van der Waals surface area contributed by atoms with Gasteiger partial charge in [0.2, 0.25) is 5.76 Å². The minimum atomic E-state index is -1.19. The third kappa shape index (κ3) is 4.94. The molecule has 1 atom stereocenters. The fourth-order valence-corrected chi connectivity index (χ4v) is 3.67. The molecule has 0 unspecified atom stereocenters. The van der Waals surface area contributed by atoms with Gasteiger partial charge < -0.3 is 24.3 Å². The highest BCUT2D eigenvalue weighted by Crippen LogP contribution is 2.35. The van der Waals surface area contributed by atoms with E-state index in [2.05, 4.69) is 26.0 Å². The molecule has 2 heterocycles. The Labute approximate surface area is 194 Å². The second-order valence-corrected chi connectivity index (χ2v) is 7.83. The number of nitrogens with one attached hydrogen (secondary N) is 1. The number of urea groups is 1. The number of imide groups is 1. The van der Waals surface area contributed by atoms with Gasteiger partial charge in [0.05, 0.1) is 18.1 Å². The van der Waals surface area contributed by atoms with Crippen LogP contribution in [0.3, 0.4) is 0 Å². The monoisotopic (exact) mass is 526 g/mol. The number of amides is 3. The summed E-state index contributed by atoms with van der Waals surface area (Å²) in [5, 5.41) is 11.9. The first-order valence-corrected chi connectivity index (χ1v) is 10.2. The predicted molar refractivity (Wildman–Crippen MR) is 114 cm³/mol. The maximum Gasteiger partial charge on any atom is 0.373 e. The van der Waals surface area contributed by atoms with Gasteiger partial charge in [0.15, 0.2) is 6.10 Å². The third-order valence-electron chi connectivity index (χ3n) is 4.30. The highest BCUT2D eigenvalue weighted by atomic mass is 79.9. The first-order valence-electron chi connectivity index (χ1n) is 9.00. The largest absolute Gasteiger partial charge is 0.479 e. The molecule has 0 radical (unpaired) electrons. The number of esters is 1. The van der Waals surface area contributed by atoms with E-state index >= 15 is 0 Å². The third-order valence-corrected chi connectivity index (χ3v) is 5.11. The molecule has 1 aromatic carbocycles. The molecule has 0 saturated carbocycles. The SMILES string of the molecule is COC(=O)c1ccc(CN2C(=O)N/C(=C\c3cc(Cl)cc(Br)c3O[C@@H](C)C(=O)O)C2=O)o1. The van der Waals surface area contributed by atoms with Crippen LogP contribution >= 0.6 is 27.5 Å². The maximum atomic E-state index is 12.8. The van der Waals surface area contributed by atoms with Crippen molar-refractivity contribution in [3.05, 3.63) is 56.5 Å². The summed E-state index contributed by atoms with van der Waals surface area (Å²) in [6.07, 6.45) is 0.140. The molecule has 3 rings (SSSR count). The van der Waals surface area contributed by atoms with Gasteiger partial charge >= 0.3 is 18.0 Å². The van der Waals surface area contributed by atoms with Crippen molar-refractivity contribution in [2.75, 3.05) is 7.11 Å². The minimum absolute atomic E-state index is 0.0663. The Morgan fingerprint density at radius 1 is 1.34 bits per heavy atom. The van der Waals surface area contributed by atoms with Crippen molar-refractivity contribution in [3.63, 3.8) is 0 Å². The zero-order valence-electron chi connectivity index (χ0n) is 16.7. The van der Waals surface area contributed by atoms with Crippen LogP contribution in [0.5, 0.6) is 5.75 Å². The molecule has 0 bridgehead atoms. The van der Waals surface area contributed by atoms with Crippen molar-refractivity contribution in [1.82, 2.24) is 10.2 Å². The van der Waals surface area contributed by atoms with E-state index in [0.29, 0.717) is 9.50 Å². The van der Waals surface area contributed by atoms with Gasteiger partial charge in [-0.2, -0.15) is 0 Å². The van der Waals surface area contributed by atoms with Gasteiger partial charge in [0, 0.05) is 10.6 Å². The van der Waals surface area contributed by atoms with Crippen LogP contribution in [0.4, 0.5) is 4.79 Å². The van der Waals surface area contributed by atoms with Gasteiger partial charge in [-0.05, 0) is 53.2 Å². The van der Waals surface area contributed by atoms with E-state index < -0.39 is 30.0 Å². The second-order valence-electron chi connectivity index (χ2n) is 6.54. The Morgan fingerprint density at radius 2 is 2.06 bits per heavy atom. The summed E-state index contributed by atoms with van der Waals surface area (Å²) in [5.41, 5.74) is 0.186. The molecule has 2 aromatic rings. The van der Waals surface area contributed by atoms with Crippen LogP contribution in [0, 0.1) is 0 Å². The number of carboxylic acids is 1. The molecule has 1 saturated heterocycles. The number of aliphatic carboxylic acids is 1. The Morgan fingerprint density at radius 3 is 2.72 bits per heavy atom. The fourth-order valence-electron chi connectivity index (χ4n) is 2.74. The lowest BCUT2D eigenvalue weighted by Crippen LogP contribution is -2.30. The number of methoxy groups -OCH3 is 1. The minimum Gasteiger partial charge on any atom is -0.479 e. The van der Waals surface area contributed by atoms with Crippen LogP contribution in [0.2, 0.25) is 5.02 Å². The van der Waals surface area contributed by atoms with E-state index in [0.717, 1.165) is 4.90 Å². The van der Waals surface area contributed by atoms with E-state index in [1.165, 1.54) is 44.4 Å². The summed E-state index contributed by atoms with van der Waals surface area (Å²) in [6.45, 7) is 1.12. The molecule has 168 valence electrons. The lowest BCUT2D eigenvalue weighted by atomic mass is 10.1. The normalized spacial score (nSPS) is 15.6. The van der Waals surface area contributed by atoms with Gasteiger partial charge in [-0.25, -0.2) is 14.4 Å². The summed E-state index contributed by atoms with van der Waals surface area (Å²) < 4.78 is 15.7. The van der Waals surface area contributed by atoms with Crippen molar-refractivity contribution in [2.45, 2.75) is 19.6 Å². The zero-order chi connectivity index (χ0) is 23.6. The van der Waals surface area contributed by atoms with E-state index in [1.54, 1.807) is 0 Å². The van der Waals surface area contributed by atoms with Crippen LogP contribution in [-0.2, 0) is 20.9 Å². The van der Waals surface area contributed by atoms with Gasteiger partial charge in [-0.1, -0.05) is 11.6 Å². The molecule has 3 amide bonds. The average molecular weight is 528 g/mol. The number of carbonyl (C=O) groups is 4. The molecular weight excluding hydrogens is 512 g/mol. The van der Waals surface area contributed by atoms with Crippen molar-refractivity contribution < 1.29 is 38.2 Å². The summed E-state index contributed by atoms with van der Waals surface area (Å²) in [6, 6.07) is 5.07. The Kier molecular flexibility index (Phi) is 6.90. The maximum absolute atomic E-state index is 12.8. The first kappa shape index (κ1) is 23.4. The number of hydrogen-bond acceptors (Lipinski definition) is 7. The van der Waals surface area contributed by atoms with Crippen LogP contribution in [0.25, 0.3) is 6.08 Å². The van der Waals surface area contributed by atoms with Crippen LogP contribution in [0.1, 0.15) is 28.8 Å². The first-order chi connectivity index (χ1) is 15.1. The van der Waals surface area contributed by atoms with Gasteiger partial charge in [-0.3, -0.25) is 9.69 Å². The van der Waals surface area contributed by atoms with Crippen LogP contribution in [-0.4, -0.2) is 47.1 Å². The van der Waals surface area contributed by atoms with Crippen molar-refractivity contribution in [3.8, 4) is 5.75 Å². The lowest BCUT2D eigenvalue weighted by molar-refractivity contribution is -0.144. The molecule has 0 spiro atoms. The van der Waals surface area contributed by atoms with Crippen molar-refractivity contribution in [2.24, 2.45) is 0 Å². The number of halogens is 2. The molecule has 1 aliphatic heterocycles. The summed E-state index contributed by atoms with van der Waals surface area (Å²) in [4.78, 5) is 48.7. The number of nitrogens with zero attached hydrogens (tertiary/aromatic N) is 1. The number of carbonyl (C=O) groups excluding carboxylic acids is 3. The highest BCUT2D eigenvalue weighted by Gasteiger charge is 2.35. The molecule has 2 N–H and O–H groups in total. The lowest BCUT2D eigenvalue weighted by Gasteiger charge is -2.15. The summed E-state index contributed by atoms with van der Waals surface area (Å²) in [7, 11) is 1.20. The van der Waals surface area contributed by atoms with Crippen molar-refractivity contribution >= 4 is 57.5 Å². The summed E-state index contributed by atoms with van der Waals surface area (Å²) >= 11 is 9.35. The van der Waals surface area contributed by atoms with E-state index in [4.69, 9.17) is 25.9 Å². The Hall–Kier alpha value is -3.31. The number of ether oxygens (including phenoxy) is 2. The fraction of sp³-hybridized carbons (Fsp3) is 0.200. The number of hydrogen-bond donors (Lipinski definition) is 2. The molecule has 12 heteroatoms. The van der Waals surface area contributed by atoms with Crippen LogP contribution < -0.4 is 10.1 Å².